The molecule has 7 rings (SSSR count). The van der Waals surface area contributed by atoms with Crippen molar-refractivity contribution in [1.82, 2.24) is 0 Å². The van der Waals surface area contributed by atoms with Crippen molar-refractivity contribution in [2.45, 2.75) is 84.0 Å². The van der Waals surface area contributed by atoms with Gasteiger partial charge in [0.2, 0.25) is 0 Å². The monoisotopic (exact) mass is 458 g/mol. The van der Waals surface area contributed by atoms with E-state index >= 15 is 0 Å². The summed E-state index contributed by atoms with van der Waals surface area (Å²) >= 11 is 0. The predicted octanol–water partition coefficient (Wildman–Crippen LogP) is 6.97. The van der Waals surface area contributed by atoms with Crippen LogP contribution in [0.1, 0.15) is 70.9 Å². The number of carbonyl (C=O) groups excluding carboxylic acids is 1. The largest absolute Gasteiger partial charge is 0.462 e. The Hall–Kier alpha value is -2.13. The minimum Gasteiger partial charge on any atom is -0.462 e. The first-order chi connectivity index (χ1) is 16.3. The Kier molecular flexibility index (Phi) is 5.40. The molecule has 3 heteroatoms. The van der Waals surface area contributed by atoms with Crippen molar-refractivity contribution in [3.63, 3.8) is 0 Å². The quantitative estimate of drug-likeness (QED) is 0.439. The number of rotatable bonds is 6. The Balaban J connectivity index is 1.18. The zero-order chi connectivity index (χ0) is 23.6. The van der Waals surface area contributed by atoms with Gasteiger partial charge in [-0.1, -0.05) is 56.3 Å². The summed E-state index contributed by atoms with van der Waals surface area (Å²) in [6.07, 6.45) is 9.24. The maximum Gasteiger partial charge on any atom is 0.308 e. The summed E-state index contributed by atoms with van der Waals surface area (Å²) in [6.45, 7) is 8.60. The molecule has 4 fully saturated rings. The van der Waals surface area contributed by atoms with Gasteiger partial charge in [0.15, 0.2) is 0 Å². The zero-order valence-electron chi connectivity index (χ0n) is 21.1. The minimum absolute atomic E-state index is 0.00782. The van der Waals surface area contributed by atoms with Gasteiger partial charge in [0.05, 0.1) is 17.6 Å². The fourth-order valence-electron chi connectivity index (χ4n) is 7.55. The van der Waals surface area contributed by atoms with Crippen LogP contribution in [0.4, 0.5) is 0 Å². The molecular formula is C31H38O3. The van der Waals surface area contributed by atoms with Crippen LogP contribution in [0.2, 0.25) is 0 Å². The van der Waals surface area contributed by atoms with Crippen molar-refractivity contribution < 1.29 is 14.3 Å². The van der Waals surface area contributed by atoms with Gasteiger partial charge < -0.3 is 9.47 Å². The maximum atomic E-state index is 12.5. The van der Waals surface area contributed by atoms with Gasteiger partial charge in [-0.05, 0) is 104 Å². The first-order valence-corrected chi connectivity index (χ1v) is 13.4. The second-order valence-corrected chi connectivity index (χ2v) is 12.0. The first kappa shape index (κ1) is 22.3. The second kappa shape index (κ2) is 8.22. The summed E-state index contributed by atoms with van der Waals surface area (Å²) in [7, 11) is 0. The highest BCUT2D eigenvalue weighted by Crippen LogP contribution is 2.57. The third-order valence-corrected chi connectivity index (χ3v) is 9.49. The molecule has 5 aliphatic carbocycles. The van der Waals surface area contributed by atoms with E-state index in [-0.39, 0.29) is 23.6 Å². The molecular weight excluding hydrogens is 420 g/mol. The van der Waals surface area contributed by atoms with Gasteiger partial charge in [-0.3, -0.25) is 4.79 Å². The van der Waals surface area contributed by atoms with Gasteiger partial charge in [-0.25, -0.2) is 0 Å². The molecule has 1 atom stereocenters. The Bertz CT molecular complexity index is 1110. The molecule has 3 nitrogen and oxygen atoms in total. The van der Waals surface area contributed by atoms with E-state index in [1.807, 2.05) is 6.92 Å². The van der Waals surface area contributed by atoms with Gasteiger partial charge >= 0.3 is 5.97 Å². The molecule has 0 radical (unpaired) electrons. The van der Waals surface area contributed by atoms with Crippen molar-refractivity contribution in [3.8, 4) is 0 Å². The lowest BCUT2D eigenvalue weighted by atomic mass is 9.53. The fraction of sp³-hybridized carbons (Fsp3) is 0.581. The molecule has 0 saturated heterocycles. The standard InChI is InChI=1S/C31H38O3/c1-5-18(2)30(32)33-28-22-12-24-14-23(28)15-25(13-22)29(24)34-31(3,4)26-16-20-10-6-8-19-9-7-11-21(17-26)27(19)20/h6-11,16,18,22-25,28-29H,5,12-15,17H2,1-4H3. The van der Waals surface area contributed by atoms with Crippen molar-refractivity contribution in [1.29, 1.82) is 0 Å². The topological polar surface area (TPSA) is 35.5 Å². The number of ether oxygens (including phenoxy) is 2. The van der Waals surface area contributed by atoms with Gasteiger partial charge in [-0.15, -0.1) is 0 Å². The fourth-order valence-corrected chi connectivity index (χ4v) is 7.55. The molecule has 0 N–H and O–H groups in total. The maximum absolute atomic E-state index is 12.5. The van der Waals surface area contributed by atoms with Crippen LogP contribution in [0.5, 0.6) is 0 Å². The van der Waals surface area contributed by atoms with E-state index in [4.69, 9.17) is 9.47 Å². The first-order valence-electron chi connectivity index (χ1n) is 13.4. The molecule has 0 aromatic heterocycles. The molecule has 0 amide bonds. The molecule has 2 aromatic carbocycles. The Morgan fingerprint density at radius 2 is 1.59 bits per heavy atom. The van der Waals surface area contributed by atoms with E-state index in [9.17, 15) is 4.79 Å². The molecule has 5 aliphatic rings. The van der Waals surface area contributed by atoms with E-state index in [1.165, 1.54) is 27.5 Å². The van der Waals surface area contributed by atoms with Crippen LogP contribution in [-0.2, 0) is 20.7 Å². The van der Waals surface area contributed by atoms with E-state index < -0.39 is 0 Å². The van der Waals surface area contributed by atoms with E-state index in [2.05, 4.69) is 63.2 Å². The number of hydrogen-bond donors (Lipinski definition) is 0. The lowest BCUT2D eigenvalue weighted by Crippen LogP contribution is -2.58. The zero-order valence-corrected chi connectivity index (χ0v) is 21.1. The number of carbonyl (C=O) groups is 1. The summed E-state index contributed by atoms with van der Waals surface area (Å²) in [5, 5.41) is 2.73. The number of benzene rings is 2. The second-order valence-electron chi connectivity index (χ2n) is 12.0. The highest BCUT2D eigenvalue weighted by atomic mass is 16.5. The van der Waals surface area contributed by atoms with E-state index in [0.717, 1.165) is 38.5 Å². The SMILES string of the molecule is CCC(C)C(=O)OC1C2CC3CC1CC(C2)C3OC(C)(C)C1=Cc2cccc3cccc(c23)C1. The molecule has 4 bridgehead atoms. The average molecular weight is 459 g/mol. The molecule has 0 aliphatic heterocycles. The lowest BCUT2D eigenvalue weighted by molar-refractivity contribution is -0.210. The summed E-state index contributed by atoms with van der Waals surface area (Å²) in [5.41, 5.74) is 3.83. The molecule has 0 spiro atoms. The Morgan fingerprint density at radius 3 is 2.24 bits per heavy atom. The highest BCUT2D eigenvalue weighted by Gasteiger charge is 2.56. The van der Waals surface area contributed by atoms with E-state index in [1.54, 1.807) is 0 Å². The van der Waals surface area contributed by atoms with Crippen molar-refractivity contribution in [3.05, 3.63) is 53.1 Å². The number of esters is 1. The van der Waals surface area contributed by atoms with Gasteiger partial charge in [0.1, 0.15) is 6.10 Å². The van der Waals surface area contributed by atoms with Crippen molar-refractivity contribution in [2.24, 2.45) is 29.6 Å². The number of hydrogen-bond acceptors (Lipinski definition) is 3. The van der Waals surface area contributed by atoms with Crippen LogP contribution in [0.3, 0.4) is 0 Å². The summed E-state index contributed by atoms with van der Waals surface area (Å²) < 4.78 is 13.1. The van der Waals surface area contributed by atoms with E-state index in [0.29, 0.717) is 29.8 Å². The molecule has 4 saturated carbocycles. The predicted molar refractivity (Wildman–Crippen MR) is 136 cm³/mol. The van der Waals surface area contributed by atoms with Gasteiger partial charge in [0.25, 0.3) is 0 Å². The van der Waals surface area contributed by atoms with Crippen LogP contribution < -0.4 is 0 Å². The summed E-state index contributed by atoms with van der Waals surface area (Å²) in [5.74, 6) is 2.26. The van der Waals surface area contributed by atoms with Crippen LogP contribution in [0.25, 0.3) is 16.8 Å². The normalized spacial score (nSPS) is 32.5. The average Bonchev–Trinajstić information content (AvgIpc) is 2.82. The van der Waals surface area contributed by atoms with Crippen molar-refractivity contribution in [2.75, 3.05) is 0 Å². The molecule has 34 heavy (non-hydrogen) atoms. The highest BCUT2D eigenvalue weighted by molar-refractivity contribution is 5.95. The smallest absolute Gasteiger partial charge is 0.308 e. The molecule has 1 unspecified atom stereocenters. The lowest BCUT2D eigenvalue weighted by Gasteiger charge is -2.58. The van der Waals surface area contributed by atoms with Crippen LogP contribution in [0, 0.1) is 29.6 Å². The Morgan fingerprint density at radius 1 is 0.971 bits per heavy atom. The Labute approximate surface area is 203 Å². The van der Waals surface area contributed by atoms with Gasteiger partial charge in [0, 0.05) is 0 Å². The molecule has 0 heterocycles. The minimum atomic E-state index is -0.293. The molecule has 180 valence electrons. The van der Waals surface area contributed by atoms with Crippen LogP contribution >= 0.6 is 0 Å². The third kappa shape index (κ3) is 3.63. The third-order valence-electron chi connectivity index (χ3n) is 9.49. The van der Waals surface area contributed by atoms with Crippen LogP contribution in [0.15, 0.2) is 42.0 Å². The summed E-state index contributed by atoms with van der Waals surface area (Å²) in [4.78, 5) is 12.5. The van der Waals surface area contributed by atoms with Gasteiger partial charge in [-0.2, -0.15) is 0 Å². The molecule has 2 aromatic rings. The van der Waals surface area contributed by atoms with Crippen molar-refractivity contribution >= 4 is 22.8 Å². The van der Waals surface area contributed by atoms with Crippen LogP contribution in [-0.4, -0.2) is 23.8 Å². The summed E-state index contributed by atoms with van der Waals surface area (Å²) in [6, 6.07) is 13.3.